The maximum Gasteiger partial charge on any atom is 0.274 e. The summed E-state index contributed by atoms with van der Waals surface area (Å²) in [5.41, 5.74) is 4.73. The van der Waals surface area contributed by atoms with Crippen molar-refractivity contribution in [2.75, 3.05) is 18.0 Å². The van der Waals surface area contributed by atoms with Crippen molar-refractivity contribution in [2.45, 2.75) is 26.8 Å². The van der Waals surface area contributed by atoms with Crippen LogP contribution in [0.1, 0.15) is 23.4 Å². The topological polar surface area (TPSA) is 51.3 Å². The Bertz CT molecular complexity index is 933. The molecule has 1 saturated heterocycles. The van der Waals surface area contributed by atoms with Crippen LogP contribution in [0.2, 0.25) is 0 Å². The van der Waals surface area contributed by atoms with Gasteiger partial charge in [0.25, 0.3) is 5.56 Å². The summed E-state index contributed by atoms with van der Waals surface area (Å²) in [5.74, 6) is 0.775. The van der Waals surface area contributed by atoms with Crippen LogP contribution in [-0.2, 0) is 6.54 Å². The second-order valence-corrected chi connectivity index (χ2v) is 6.57. The fourth-order valence-corrected chi connectivity index (χ4v) is 3.33. The van der Waals surface area contributed by atoms with E-state index in [4.69, 9.17) is 4.52 Å². The van der Waals surface area contributed by atoms with E-state index < -0.39 is 0 Å². The number of pyridine rings is 1. The zero-order valence-electron chi connectivity index (χ0n) is 14.5. The zero-order chi connectivity index (χ0) is 17.4. The summed E-state index contributed by atoms with van der Waals surface area (Å²) in [6.45, 7) is 6.27. The monoisotopic (exact) mass is 335 g/mol. The zero-order valence-corrected chi connectivity index (χ0v) is 14.5. The van der Waals surface area contributed by atoms with E-state index in [1.807, 2.05) is 56.4 Å². The Hall–Kier alpha value is -2.82. The highest BCUT2D eigenvalue weighted by Gasteiger charge is 2.22. The first-order valence-corrected chi connectivity index (χ1v) is 8.60. The third-order valence-corrected chi connectivity index (χ3v) is 4.78. The van der Waals surface area contributed by atoms with Crippen LogP contribution in [0.3, 0.4) is 0 Å². The molecule has 1 aliphatic heterocycles. The number of hydrogen-bond donors (Lipinski definition) is 0. The first-order valence-electron chi connectivity index (χ1n) is 8.60. The summed E-state index contributed by atoms with van der Waals surface area (Å²) in [7, 11) is 0. The number of aromatic nitrogens is 2. The molecule has 0 aliphatic carbocycles. The van der Waals surface area contributed by atoms with E-state index in [-0.39, 0.29) is 5.56 Å². The predicted octanol–water partition coefficient (Wildman–Crippen LogP) is 3.38. The van der Waals surface area contributed by atoms with Crippen LogP contribution in [0, 0.1) is 13.8 Å². The van der Waals surface area contributed by atoms with Crippen molar-refractivity contribution in [2.24, 2.45) is 0 Å². The first kappa shape index (κ1) is 15.7. The Morgan fingerprint density at radius 3 is 2.52 bits per heavy atom. The van der Waals surface area contributed by atoms with Crippen LogP contribution in [0.5, 0.6) is 0 Å². The molecule has 4 rings (SSSR count). The lowest BCUT2D eigenvalue weighted by atomic mass is 10.0. The summed E-state index contributed by atoms with van der Waals surface area (Å²) in [5, 5.41) is 4.06. The van der Waals surface area contributed by atoms with Crippen LogP contribution in [0.15, 0.2) is 51.9 Å². The smallest absolute Gasteiger partial charge is 0.274 e. The standard InChI is InChI=1S/C20H21N3O2/c1-14-19(15(2)25-21-14)17-11-18(22-9-6-10-22)20(24)23(13-17)12-16-7-4-3-5-8-16/h3-5,7-8,11,13H,6,9-10,12H2,1-2H3. The Labute approximate surface area is 146 Å². The molecule has 5 nitrogen and oxygen atoms in total. The molecule has 1 fully saturated rings. The molecule has 1 aliphatic rings. The second-order valence-electron chi connectivity index (χ2n) is 6.57. The van der Waals surface area contributed by atoms with Gasteiger partial charge in [0.2, 0.25) is 0 Å². The number of rotatable bonds is 4. The second kappa shape index (κ2) is 6.24. The maximum absolute atomic E-state index is 13.0. The van der Waals surface area contributed by atoms with Gasteiger partial charge in [-0.15, -0.1) is 0 Å². The molecule has 0 amide bonds. The van der Waals surface area contributed by atoms with Gasteiger partial charge in [-0.1, -0.05) is 35.5 Å². The third kappa shape index (κ3) is 2.86. The minimum atomic E-state index is 0.0547. The highest BCUT2D eigenvalue weighted by atomic mass is 16.5. The van der Waals surface area contributed by atoms with E-state index in [0.717, 1.165) is 53.3 Å². The average molecular weight is 335 g/mol. The molecule has 0 spiro atoms. The lowest BCUT2D eigenvalue weighted by Gasteiger charge is -2.33. The van der Waals surface area contributed by atoms with Gasteiger partial charge in [-0.05, 0) is 31.9 Å². The first-order chi connectivity index (χ1) is 12.1. The molecule has 0 radical (unpaired) electrons. The van der Waals surface area contributed by atoms with Crippen LogP contribution in [-0.4, -0.2) is 22.8 Å². The van der Waals surface area contributed by atoms with E-state index in [1.54, 1.807) is 4.57 Å². The van der Waals surface area contributed by atoms with Gasteiger partial charge in [-0.3, -0.25) is 4.79 Å². The van der Waals surface area contributed by atoms with Crippen molar-refractivity contribution in [3.8, 4) is 11.1 Å². The molecule has 0 saturated carbocycles. The molecular formula is C20H21N3O2. The molecule has 0 N–H and O–H groups in total. The van der Waals surface area contributed by atoms with Gasteiger partial charge in [-0.25, -0.2) is 0 Å². The predicted molar refractivity (Wildman–Crippen MR) is 98.0 cm³/mol. The van der Waals surface area contributed by atoms with E-state index in [0.29, 0.717) is 6.54 Å². The Morgan fingerprint density at radius 1 is 1.16 bits per heavy atom. The molecule has 3 aromatic rings. The maximum atomic E-state index is 13.0. The van der Waals surface area contributed by atoms with Crippen LogP contribution in [0.25, 0.3) is 11.1 Å². The van der Waals surface area contributed by atoms with Gasteiger partial charge < -0.3 is 14.0 Å². The van der Waals surface area contributed by atoms with Crippen molar-refractivity contribution < 1.29 is 4.52 Å². The summed E-state index contributed by atoms with van der Waals surface area (Å²) >= 11 is 0. The Balaban J connectivity index is 1.85. The van der Waals surface area contributed by atoms with E-state index in [2.05, 4.69) is 10.1 Å². The Kier molecular flexibility index (Phi) is 3.92. The van der Waals surface area contributed by atoms with Gasteiger partial charge in [0.15, 0.2) is 0 Å². The molecule has 3 heterocycles. The van der Waals surface area contributed by atoms with Crippen LogP contribution >= 0.6 is 0 Å². The number of benzene rings is 1. The molecule has 25 heavy (non-hydrogen) atoms. The average Bonchev–Trinajstić information content (AvgIpc) is 2.89. The fourth-order valence-electron chi connectivity index (χ4n) is 3.33. The van der Waals surface area contributed by atoms with E-state index in [9.17, 15) is 4.79 Å². The highest BCUT2D eigenvalue weighted by Crippen LogP contribution is 2.29. The SMILES string of the molecule is Cc1noc(C)c1-c1cc(N2CCC2)c(=O)n(Cc2ccccc2)c1. The third-order valence-electron chi connectivity index (χ3n) is 4.78. The minimum absolute atomic E-state index is 0.0547. The van der Waals surface area contributed by atoms with Gasteiger partial charge in [0, 0.05) is 30.4 Å². The molecule has 0 unspecified atom stereocenters. The summed E-state index contributed by atoms with van der Waals surface area (Å²) in [6, 6.07) is 12.0. The summed E-state index contributed by atoms with van der Waals surface area (Å²) in [6.07, 6.45) is 3.05. The van der Waals surface area contributed by atoms with Crippen molar-refractivity contribution in [3.63, 3.8) is 0 Å². The number of anilines is 1. The largest absolute Gasteiger partial charge is 0.367 e. The molecule has 0 atom stereocenters. The molecular weight excluding hydrogens is 314 g/mol. The molecule has 5 heteroatoms. The molecule has 2 aromatic heterocycles. The number of hydrogen-bond acceptors (Lipinski definition) is 4. The van der Waals surface area contributed by atoms with Gasteiger partial charge in [0.05, 0.1) is 12.2 Å². The summed E-state index contributed by atoms with van der Waals surface area (Å²) in [4.78, 5) is 15.1. The minimum Gasteiger partial charge on any atom is -0.367 e. The lowest BCUT2D eigenvalue weighted by molar-refractivity contribution is 0.393. The van der Waals surface area contributed by atoms with Crippen molar-refractivity contribution >= 4 is 5.69 Å². The molecule has 1 aromatic carbocycles. The van der Waals surface area contributed by atoms with Gasteiger partial charge in [-0.2, -0.15) is 0 Å². The van der Waals surface area contributed by atoms with Crippen molar-refractivity contribution in [1.29, 1.82) is 0 Å². The molecule has 128 valence electrons. The van der Waals surface area contributed by atoms with Crippen molar-refractivity contribution in [3.05, 3.63) is 70.0 Å². The van der Waals surface area contributed by atoms with Crippen molar-refractivity contribution in [1.82, 2.24) is 9.72 Å². The Morgan fingerprint density at radius 2 is 1.92 bits per heavy atom. The van der Waals surface area contributed by atoms with Gasteiger partial charge >= 0.3 is 0 Å². The quantitative estimate of drug-likeness (QED) is 0.733. The highest BCUT2D eigenvalue weighted by molar-refractivity contribution is 5.70. The van der Waals surface area contributed by atoms with Gasteiger partial charge in [0.1, 0.15) is 11.4 Å². The fraction of sp³-hybridized carbons (Fsp3) is 0.300. The molecule has 0 bridgehead atoms. The lowest BCUT2D eigenvalue weighted by Crippen LogP contribution is -2.41. The normalized spacial score (nSPS) is 13.8. The van der Waals surface area contributed by atoms with E-state index >= 15 is 0 Å². The van der Waals surface area contributed by atoms with Crippen LogP contribution in [0.4, 0.5) is 5.69 Å². The van der Waals surface area contributed by atoms with E-state index in [1.165, 1.54) is 0 Å². The number of nitrogens with zero attached hydrogens (tertiary/aromatic N) is 3. The summed E-state index contributed by atoms with van der Waals surface area (Å²) < 4.78 is 7.12. The number of aryl methyl sites for hydroxylation is 2. The van der Waals surface area contributed by atoms with Crippen LogP contribution < -0.4 is 10.5 Å².